The first-order valence-electron chi connectivity index (χ1n) is 12.3. The lowest BCUT2D eigenvalue weighted by Gasteiger charge is -2.21. The van der Waals surface area contributed by atoms with Gasteiger partial charge in [0.2, 0.25) is 0 Å². The first kappa shape index (κ1) is 24.3. The number of esters is 1. The van der Waals surface area contributed by atoms with Crippen LogP contribution in [0.1, 0.15) is 34.7 Å². The third-order valence-electron chi connectivity index (χ3n) is 6.62. The van der Waals surface area contributed by atoms with Crippen molar-refractivity contribution in [3.8, 4) is 5.75 Å². The van der Waals surface area contributed by atoms with E-state index >= 15 is 0 Å². The summed E-state index contributed by atoms with van der Waals surface area (Å²) in [5, 5.41) is 8.39. The van der Waals surface area contributed by atoms with E-state index in [1.807, 2.05) is 74.5 Å². The van der Waals surface area contributed by atoms with E-state index in [1.54, 1.807) is 6.07 Å². The number of amides is 1. The number of benzene rings is 4. The molecule has 1 unspecified atom stereocenters. The molecule has 5 rings (SSSR count). The molecule has 0 radical (unpaired) electrons. The fourth-order valence-electron chi connectivity index (χ4n) is 4.41. The summed E-state index contributed by atoms with van der Waals surface area (Å²) >= 11 is 0. The van der Waals surface area contributed by atoms with Gasteiger partial charge in [0.15, 0.2) is 13.2 Å². The van der Waals surface area contributed by atoms with Gasteiger partial charge in [0, 0.05) is 6.42 Å². The number of rotatable bonds is 7. The summed E-state index contributed by atoms with van der Waals surface area (Å²) in [6, 6.07) is 29.4. The summed E-state index contributed by atoms with van der Waals surface area (Å²) < 4.78 is 10.8. The van der Waals surface area contributed by atoms with Crippen LogP contribution in [0.3, 0.4) is 0 Å². The second-order valence-corrected chi connectivity index (χ2v) is 9.17. The maximum atomic E-state index is 13.2. The van der Waals surface area contributed by atoms with Gasteiger partial charge < -0.3 is 9.47 Å². The van der Waals surface area contributed by atoms with Gasteiger partial charge in [-0.1, -0.05) is 72.8 Å². The second kappa shape index (κ2) is 10.7. The van der Waals surface area contributed by atoms with Crippen LogP contribution in [0.25, 0.3) is 10.8 Å². The fourth-order valence-corrected chi connectivity index (χ4v) is 4.41. The first-order chi connectivity index (χ1) is 18.0. The molecule has 6 heteroatoms. The lowest BCUT2D eigenvalue weighted by atomic mass is 9.97. The van der Waals surface area contributed by atoms with E-state index in [-0.39, 0.29) is 18.6 Å². The molecule has 37 heavy (non-hydrogen) atoms. The average Bonchev–Trinajstić information content (AvgIpc) is 3.38. The van der Waals surface area contributed by atoms with Crippen molar-refractivity contribution in [2.45, 2.75) is 26.3 Å². The minimum atomic E-state index is -0.610. The van der Waals surface area contributed by atoms with E-state index in [0.717, 1.165) is 38.7 Å². The molecule has 0 saturated carbocycles. The number of hydrogen-bond donors (Lipinski definition) is 0. The molecule has 0 saturated heterocycles. The van der Waals surface area contributed by atoms with E-state index in [9.17, 15) is 9.59 Å². The highest BCUT2D eigenvalue weighted by Gasteiger charge is 2.33. The summed E-state index contributed by atoms with van der Waals surface area (Å²) in [7, 11) is 0. The van der Waals surface area contributed by atoms with Gasteiger partial charge in [-0.15, -0.1) is 0 Å². The van der Waals surface area contributed by atoms with E-state index < -0.39 is 12.6 Å². The molecular weight excluding hydrogens is 464 g/mol. The summed E-state index contributed by atoms with van der Waals surface area (Å²) in [4.78, 5) is 25.5. The highest BCUT2D eigenvalue weighted by atomic mass is 16.6. The Morgan fingerprint density at radius 3 is 2.38 bits per heavy atom. The van der Waals surface area contributed by atoms with Gasteiger partial charge in [-0.2, -0.15) is 5.10 Å². The topological polar surface area (TPSA) is 68.2 Å². The fraction of sp³-hybridized carbons (Fsp3) is 0.194. The zero-order valence-electron chi connectivity index (χ0n) is 20.9. The normalized spacial score (nSPS) is 14.9. The van der Waals surface area contributed by atoms with E-state index in [4.69, 9.17) is 14.6 Å². The Balaban J connectivity index is 1.29. The molecule has 4 aromatic rings. The summed E-state index contributed by atoms with van der Waals surface area (Å²) in [6.45, 7) is 3.30. The Kier molecular flexibility index (Phi) is 6.99. The first-order valence-corrected chi connectivity index (χ1v) is 12.3. The SMILES string of the molecule is Cc1ccc(OCC(=O)OCC(=O)N2N=C(c3ccc4ccccc4c3)CC2c2ccccc2)cc1C. The van der Waals surface area contributed by atoms with Crippen LogP contribution in [0.15, 0.2) is 96.1 Å². The Bertz CT molecular complexity index is 1480. The van der Waals surface area contributed by atoms with E-state index in [1.165, 1.54) is 5.01 Å². The molecular formula is C31H28N2O4. The maximum absolute atomic E-state index is 13.2. The van der Waals surface area contributed by atoms with Crippen molar-refractivity contribution < 1.29 is 19.1 Å². The van der Waals surface area contributed by atoms with E-state index in [2.05, 4.69) is 24.3 Å². The number of hydrogen-bond acceptors (Lipinski definition) is 5. The predicted molar refractivity (Wildman–Crippen MR) is 144 cm³/mol. The summed E-state index contributed by atoms with van der Waals surface area (Å²) in [5.74, 6) is -0.412. The Morgan fingerprint density at radius 1 is 0.838 bits per heavy atom. The largest absolute Gasteiger partial charge is 0.482 e. The molecule has 186 valence electrons. The molecule has 0 N–H and O–H groups in total. The van der Waals surface area contributed by atoms with Gasteiger partial charge >= 0.3 is 5.97 Å². The van der Waals surface area contributed by atoms with Crippen LogP contribution in [0.5, 0.6) is 5.75 Å². The quantitative estimate of drug-likeness (QED) is 0.308. The number of fused-ring (bicyclic) bond motifs is 1. The van der Waals surface area contributed by atoms with Crippen LogP contribution in [-0.2, 0) is 14.3 Å². The third-order valence-corrected chi connectivity index (χ3v) is 6.62. The molecule has 1 heterocycles. The molecule has 6 nitrogen and oxygen atoms in total. The van der Waals surface area contributed by atoms with Gasteiger partial charge in [0.1, 0.15) is 5.75 Å². The molecule has 0 aliphatic carbocycles. The standard InChI is InChI=1S/C31H28N2O4/c1-21-12-15-27(16-22(21)2)36-20-31(35)37-19-30(34)33-29(24-9-4-3-5-10-24)18-28(32-33)26-14-13-23-8-6-7-11-25(23)17-26/h3-17,29H,18-20H2,1-2H3. The van der Waals surface area contributed by atoms with Gasteiger partial charge in [-0.05, 0) is 65.1 Å². The Morgan fingerprint density at radius 2 is 1.59 bits per heavy atom. The lowest BCUT2D eigenvalue weighted by molar-refractivity contribution is -0.154. The highest BCUT2D eigenvalue weighted by molar-refractivity contribution is 6.05. The predicted octanol–water partition coefficient (Wildman–Crippen LogP) is 5.76. The molecule has 0 aromatic heterocycles. The van der Waals surface area contributed by atoms with Crippen molar-refractivity contribution in [3.63, 3.8) is 0 Å². The number of aryl methyl sites for hydroxylation is 2. The third kappa shape index (κ3) is 5.54. The minimum Gasteiger partial charge on any atom is -0.482 e. The molecule has 1 aliphatic heterocycles. The molecule has 0 bridgehead atoms. The molecule has 0 fully saturated rings. The highest BCUT2D eigenvalue weighted by Crippen LogP contribution is 2.33. The smallest absolute Gasteiger partial charge is 0.344 e. The molecule has 1 aliphatic rings. The van der Waals surface area contributed by atoms with Gasteiger partial charge in [0.05, 0.1) is 11.8 Å². The van der Waals surface area contributed by atoms with Gasteiger partial charge in [0.25, 0.3) is 5.91 Å². The summed E-state index contributed by atoms with van der Waals surface area (Å²) in [5.41, 5.74) is 4.97. The zero-order chi connectivity index (χ0) is 25.8. The van der Waals surface area contributed by atoms with Gasteiger partial charge in [-0.25, -0.2) is 9.80 Å². The van der Waals surface area contributed by atoms with Crippen molar-refractivity contribution in [3.05, 3.63) is 113 Å². The Labute approximate surface area is 216 Å². The van der Waals surface area contributed by atoms with Crippen LogP contribution in [0.2, 0.25) is 0 Å². The van der Waals surface area contributed by atoms with Crippen LogP contribution in [-0.4, -0.2) is 35.8 Å². The van der Waals surface area contributed by atoms with Crippen molar-refractivity contribution in [1.29, 1.82) is 0 Å². The van der Waals surface area contributed by atoms with Crippen LogP contribution >= 0.6 is 0 Å². The number of carbonyl (C=O) groups excluding carboxylic acids is 2. The van der Waals surface area contributed by atoms with Crippen molar-refractivity contribution in [1.82, 2.24) is 5.01 Å². The van der Waals surface area contributed by atoms with Crippen molar-refractivity contribution in [2.24, 2.45) is 5.10 Å². The summed E-state index contributed by atoms with van der Waals surface area (Å²) in [6.07, 6.45) is 0.567. The number of ether oxygens (including phenoxy) is 2. The number of nitrogens with zero attached hydrogens (tertiary/aromatic N) is 2. The molecule has 1 atom stereocenters. The molecule has 0 spiro atoms. The monoisotopic (exact) mass is 492 g/mol. The minimum absolute atomic E-state index is 0.274. The van der Waals surface area contributed by atoms with Crippen molar-refractivity contribution in [2.75, 3.05) is 13.2 Å². The van der Waals surface area contributed by atoms with Gasteiger partial charge in [-0.3, -0.25) is 4.79 Å². The van der Waals surface area contributed by atoms with E-state index in [0.29, 0.717) is 12.2 Å². The number of hydrazone groups is 1. The molecule has 4 aromatic carbocycles. The van der Waals surface area contributed by atoms with Crippen LogP contribution < -0.4 is 4.74 Å². The Hall–Kier alpha value is -4.45. The van der Waals surface area contributed by atoms with Crippen LogP contribution in [0.4, 0.5) is 0 Å². The molecule has 1 amide bonds. The lowest BCUT2D eigenvalue weighted by Crippen LogP contribution is -2.32. The number of carbonyl (C=O) groups is 2. The van der Waals surface area contributed by atoms with Crippen LogP contribution in [0, 0.1) is 13.8 Å². The van der Waals surface area contributed by atoms with Crippen molar-refractivity contribution >= 4 is 28.4 Å². The average molecular weight is 493 g/mol. The zero-order valence-corrected chi connectivity index (χ0v) is 20.9. The maximum Gasteiger partial charge on any atom is 0.344 e. The second-order valence-electron chi connectivity index (χ2n) is 9.17.